The van der Waals surface area contributed by atoms with Crippen molar-refractivity contribution in [2.45, 2.75) is 20.3 Å². The second-order valence-electron chi connectivity index (χ2n) is 5.49. The third-order valence-electron chi connectivity index (χ3n) is 4.10. The first-order valence-electron chi connectivity index (χ1n) is 7.50. The quantitative estimate of drug-likeness (QED) is 0.590. The van der Waals surface area contributed by atoms with Crippen molar-refractivity contribution in [2.75, 3.05) is 0 Å². The lowest BCUT2D eigenvalue weighted by molar-refractivity contribution is 0.101. The minimum Gasteiger partial charge on any atom is -0.338 e. The first-order chi connectivity index (χ1) is 11.2. The summed E-state index contributed by atoms with van der Waals surface area (Å²) in [5.41, 5.74) is 6.48. The number of hydrogen-bond donors (Lipinski definition) is 1. The summed E-state index contributed by atoms with van der Waals surface area (Å²) >= 11 is 0. The van der Waals surface area contributed by atoms with E-state index in [1.165, 1.54) is 0 Å². The van der Waals surface area contributed by atoms with Gasteiger partial charge in [-0.1, -0.05) is 36.4 Å². The molecule has 0 aliphatic heterocycles. The monoisotopic (exact) mass is 305 g/mol. The van der Waals surface area contributed by atoms with Crippen molar-refractivity contribution < 1.29 is 4.79 Å². The van der Waals surface area contributed by atoms with Crippen molar-refractivity contribution >= 4 is 22.5 Å². The summed E-state index contributed by atoms with van der Waals surface area (Å²) in [4.78, 5) is 19.3. The van der Waals surface area contributed by atoms with Gasteiger partial charge in [0.25, 0.3) is 0 Å². The molecule has 0 spiro atoms. The molecule has 0 saturated carbocycles. The van der Waals surface area contributed by atoms with Crippen molar-refractivity contribution in [2.24, 2.45) is 0 Å². The Balaban J connectivity index is 1.97. The minimum atomic E-state index is 0.0647. The van der Waals surface area contributed by atoms with E-state index in [0.717, 1.165) is 39.9 Å². The van der Waals surface area contributed by atoms with Crippen LogP contribution in [0.15, 0.2) is 36.7 Å². The van der Waals surface area contributed by atoms with Gasteiger partial charge in [-0.3, -0.25) is 4.79 Å². The molecule has 0 aliphatic rings. The fourth-order valence-corrected chi connectivity index (χ4v) is 2.93. The summed E-state index contributed by atoms with van der Waals surface area (Å²) in [6.07, 6.45) is 4.28. The summed E-state index contributed by atoms with van der Waals surface area (Å²) in [6.45, 7) is 3.67. The lowest BCUT2D eigenvalue weighted by Gasteiger charge is -2.04. The number of Topliss-reactive ketones (excluding diaryl/α,β-unsaturated/α-hetero) is 1. The van der Waals surface area contributed by atoms with Crippen molar-refractivity contribution in [3.05, 3.63) is 47.8 Å². The molecule has 4 rings (SSSR count). The van der Waals surface area contributed by atoms with E-state index in [2.05, 4.69) is 27.2 Å². The van der Waals surface area contributed by atoms with E-state index in [4.69, 9.17) is 0 Å². The highest BCUT2D eigenvalue weighted by atomic mass is 16.1. The smallest absolute Gasteiger partial charge is 0.159 e. The summed E-state index contributed by atoms with van der Waals surface area (Å²) in [7, 11) is 0. The largest absolute Gasteiger partial charge is 0.338 e. The number of nitrogens with zero attached hydrogens (tertiary/aromatic N) is 4. The van der Waals surface area contributed by atoms with Gasteiger partial charge >= 0.3 is 0 Å². The SMILES string of the molecule is CCc1c(-c2ccc(C(C)=O)cc2)[nH]c2ncc3cnnn3c12. The zero-order valence-corrected chi connectivity index (χ0v) is 12.9. The van der Waals surface area contributed by atoms with Crippen LogP contribution in [0.4, 0.5) is 0 Å². The number of rotatable bonds is 3. The number of carbonyl (C=O) groups excluding carboxylic acids is 1. The number of carbonyl (C=O) groups is 1. The highest BCUT2D eigenvalue weighted by Gasteiger charge is 2.16. The van der Waals surface area contributed by atoms with Crippen molar-refractivity contribution in [1.82, 2.24) is 24.8 Å². The summed E-state index contributed by atoms with van der Waals surface area (Å²) in [6, 6.07) is 7.61. The molecule has 3 heterocycles. The number of nitrogens with one attached hydrogen (secondary N) is 1. The molecule has 0 unspecified atom stereocenters. The maximum atomic E-state index is 11.4. The summed E-state index contributed by atoms with van der Waals surface area (Å²) in [5, 5.41) is 8.12. The number of hydrogen-bond acceptors (Lipinski definition) is 4. The van der Waals surface area contributed by atoms with Crippen LogP contribution < -0.4 is 0 Å². The molecule has 0 amide bonds. The van der Waals surface area contributed by atoms with E-state index in [1.54, 1.807) is 19.3 Å². The van der Waals surface area contributed by atoms with Crippen LogP contribution >= 0.6 is 0 Å². The Hall–Kier alpha value is -3.02. The van der Waals surface area contributed by atoms with Crippen LogP contribution in [0.25, 0.3) is 27.9 Å². The van der Waals surface area contributed by atoms with Gasteiger partial charge in [-0.2, -0.15) is 0 Å². The van der Waals surface area contributed by atoms with Gasteiger partial charge in [-0.15, -0.1) is 5.10 Å². The molecule has 23 heavy (non-hydrogen) atoms. The van der Waals surface area contributed by atoms with Crippen LogP contribution in [0.5, 0.6) is 0 Å². The van der Waals surface area contributed by atoms with Gasteiger partial charge in [0, 0.05) is 11.1 Å². The van der Waals surface area contributed by atoms with Crippen LogP contribution in [-0.2, 0) is 6.42 Å². The second-order valence-corrected chi connectivity index (χ2v) is 5.49. The fraction of sp³-hybridized carbons (Fsp3) is 0.176. The Bertz CT molecular complexity index is 1030. The number of aromatic nitrogens is 5. The first-order valence-corrected chi connectivity index (χ1v) is 7.50. The standard InChI is InChI=1S/C17H15N5O/c1-3-14-15(12-6-4-11(5-7-12)10(2)23)20-17-16(14)22-13(8-18-17)9-19-21-22/h4-9,20H,3H2,1-2H3. The van der Waals surface area contributed by atoms with Gasteiger partial charge in [-0.05, 0) is 18.9 Å². The Kier molecular flexibility index (Phi) is 2.97. The molecule has 0 saturated heterocycles. The minimum absolute atomic E-state index is 0.0647. The lowest BCUT2D eigenvalue weighted by Crippen LogP contribution is -1.94. The number of aromatic amines is 1. The van der Waals surface area contributed by atoms with E-state index in [1.807, 2.05) is 28.8 Å². The molecular weight excluding hydrogens is 290 g/mol. The normalized spacial score (nSPS) is 11.4. The first kappa shape index (κ1) is 13.6. The molecule has 0 aliphatic carbocycles. The Labute approximate surface area is 132 Å². The van der Waals surface area contributed by atoms with Crippen molar-refractivity contribution in [1.29, 1.82) is 0 Å². The van der Waals surface area contributed by atoms with Crippen LogP contribution in [0.3, 0.4) is 0 Å². The zero-order valence-electron chi connectivity index (χ0n) is 12.9. The molecular formula is C17H15N5O. The van der Waals surface area contributed by atoms with E-state index >= 15 is 0 Å². The van der Waals surface area contributed by atoms with Gasteiger partial charge in [0.1, 0.15) is 11.0 Å². The van der Waals surface area contributed by atoms with Crippen LogP contribution in [-0.4, -0.2) is 30.6 Å². The molecule has 1 N–H and O–H groups in total. The number of fused-ring (bicyclic) bond motifs is 3. The third-order valence-corrected chi connectivity index (χ3v) is 4.10. The molecule has 6 heteroatoms. The molecule has 0 bridgehead atoms. The third kappa shape index (κ3) is 2.03. The van der Waals surface area contributed by atoms with E-state index in [-0.39, 0.29) is 5.78 Å². The van der Waals surface area contributed by atoms with Crippen LogP contribution in [0.2, 0.25) is 0 Å². The van der Waals surface area contributed by atoms with Gasteiger partial charge in [0.15, 0.2) is 11.4 Å². The number of benzene rings is 1. The highest BCUT2D eigenvalue weighted by Crippen LogP contribution is 2.30. The van der Waals surface area contributed by atoms with E-state index < -0.39 is 0 Å². The predicted octanol–water partition coefficient (Wildman–Crippen LogP) is 3.04. The molecule has 0 fully saturated rings. The molecule has 1 aromatic carbocycles. The highest BCUT2D eigenvalue weighted by molar-refractivity contribution is 5.95. The van der Waals surface area contributed by atoms with Crippen molar-refractivity contribution in [3.63, 3.8) is 0 Å². The lowest BCUT2D eigenvalue weighted by atomic mass is 10.0. The van der Waals surface area contributed by atoms with Crippen LogP contribution in [0, 0.1) is 0 Å². The topological polar surface area (TPSA) is 75.9 Å². The molecule has 0 atom stereocenters. The summed E-state index contributed by atoms with van der Waals surface area (Å²) in [5.74, 6) is 0.0647. The maximum Gasteiger partial charge on any atom is 0.159 e. The van der Waals surface area contributed by atoms with Gasteiger partial charge < -0.3 is 4.98 Å². The van der Waals surface area contributed by atoms with Gasteiger partial charge in [0.2, 0.25) is 0 Å². The maximum absolute atomic E-state index is 11.4. The van der Waals surface area contributed by atoms with Crippen LogP contribution in [0.1, 0.15) is 29.8 Å². The average Bonchev–Trinajstić information content (AvgIpc) is 3.18. The summed E-state index contributed by atoms with van der Waals surface area (Å²) < 4.78 is 1.81. The molecule has 6 nitrogen and oxygen atoms in total. The van der Waals surface area contributed by atoms with Gasteiger partial charge in [0.05, 0.1) is 18.1 Å². The van der Waals surface area contributed by atoms with E-state index in [0.29, 0.717) is 5.56 Å². The number of H-pyrrole nitrogens is 1. The molecule has 0 radical (unpaired) electrons. The number of ketones is 1. The van der Waals surface area contributed by atoms with E-state index in [9.17, 15) is 4.79 Å². The second kappa shape index (κ2) is 5.01. The molecule has 3 aromatic heterocycles. The number of aryl methyl sites for hydroxylation is 1. The fourth-order valence-electron chi connectivity index (χ4n) is 2.93. The Morgan fingerprint density at radius 2 is 2.00 bits per heavy atom. The molecule has 4 aromatic rings. The Morgan fingerprint density at radius 3 is 2.70 bits per heavy atom. The van der Waals surface area contributed by atoms with Gasteiger partial charge in [-0.25, -0.2) is 9.50 Å². The zero-order chi connectivity index (χ0) is 16.0. The van der Waals surface area contributed by atoms with Crippen molar-refractivity contribution in [3.8, 4) is 11.3 Å². The molecule has 114 valence electrons. The average molecular weight is 305 g/mol. The Morgan fingerprint density at radius 1 is 1.22 bits per heavy atom. The predicted molar refractivity (Wildman–Crippen MR) is 87.5 cm³/mol.